The molecule has 0 aliphatic rings. The molecule has 1 radical (unpaired) electrons. The zero-order valence-electron chi connectivity index (χ0n) is 10.1. The van der Waals surface area contributed by atoms with Crippen molar-refractivity contribution in [2.75, 3.05) is 0 Å². The van der Waals surface area contributed by atoms with Crippen molar-refractivity contribution in [1.29, 1.82) is 0 Å². The number of rotatable bonds is 8. The van der Waals surface area contributed by atoms with E-state index in [9.17, 15) is 4.79 Å². The third kappa shape index (κ3) is 4.61. The Hall–Kier alpha value is -1.11. The molecule has 1 aromatic rings. The van der Waals surface area contributed by atoms with E-state index < -0.39 is 0 Å². The maximum Gasteiger partial charge on any atom is 0.206 e. The summed E-state index contributed by atoms with van der Waals surface area (Å²) >= 11 is 0. The Bertz CT molecular complexity index is 279. The van der Waals surface area contributed by atoms with Crippen LogP contribution < -0.4 is 0 Å². The Labute approximate surface area is 98.9 Å². The van der Waals surface area contributed by atoms with Gasteiger partial charge in [-0.3, -0.25) is 4.79 Å². The summed E-state index contributed by atoms with van der Waals surface area (Å²) in [6, 6.07) is 9.98. The molecule has 0 fully saturated rings. The highest BCUT2D eigenvalue weighted by Crippen LogP contribution is 2.20. The van der Waals surface area contributed by atoms with Crippen molar-refractivity contribution in [3.05, 3.63) is 35.9 Å². The number of benzene rings is 1. The zero-order chi connectivity index (χ0) is 11.6. The minimum atomic E-state index is -0.0252. The van der Waals surface area contributed by atoms with E-state index in [4.69, 9.17) is 0 Å². The van der Waals surface area contributed by atoms with Crippen LogP contribution in [0.15, 0.2) is 30.3 Å². The van der Waals surface area contributed by atoms with Gasteiger partial charge in [0.2, 0.25) is 6.29 Å². The van der Waals surface area contributed by atoms with Gasteiger partial charge in [-0.15, -0.1) is 0 Å². The van der Waals surface area contributed by atoms with E-state index in [1.807, 2.05) is 30.3 Å². The Morgan fingerprint density at radius 2 is 1.75 bits per heavy atom. The highest BCUT2D eigenvalue weighted by atomic mass is 16.1. The van der Waals surface area contributed by atoms with Crippen molar-refractivity contribution in [3.63, 3.8) is 0 Å². The summed E-state index contributed by atoms with van der Waals surface area (Å²) in [4.78, 5) is 10.9. The molecular weight excluding hydrogens is 196 g/mol. The summed E-state index contributed by atoms with van der Waals surface area (Å²) in [6.45, 7) is 2.21. The standard InChI is InChI=1S/C15H21O/c1-2-3-4-5-7-12-15(13-16)14-10-8-6-9-11-14/h6,8-11,15H,2-5,7,12H2,1H3. The predicted molar refractivity (Wildman–Crippen MR) is 68.3 cm³/mol. The Morgan fingerprint density at radius 3 is 2.38 bits per heavy atom. The summed E-state index contributed by atoms with van der Waals surface area (Å²) < 4.78 is 0. The smallest absolute Gasteiger partial charge is 0.206 e. The van der Waals surface area contributed by atoms with E-state index in [-0.39, 0.29) is 5.92 Å². The van der Waals surface area contributed by atoms with Crippen LogP contribution in [-0.2, 0) is 4.79 Å². The third-order valence-electron chi connectivity index (χ3n) is 2.94. The van der Waals surface area contributed by atoms with Gasteiger partial charge in [0.1, 0.15) is 0 Å². The van der Waals surface area contributed by atoms with Gasteiger partial charge in [-0.05, 0) is 12.0 Å². The number of hydrogen-bond donors (Lipinski definition) is 0. The van der Waals surface area contributed by atoms with Crippen molar-refractivity contribution in [3.8, 4) is 0 Å². The van der Waals surface area contributed by atoms with Crippen LogP contribution in [0.25, 0.3) is 0 Å². The molecule has 1 unspecified atom stereocenters. The van der Waals surface area contributed by atoms with Crippen LogP contribution in [0.3, 0.4) is 0 Å². The van der Waals surface area contributed by atoms with E-state index in [0.29, 0.717) is 0 Å². The molecule has 0 heterocycles. The van der Waals surface area contributed by atoms with Gasteiger partial charge >= 0.3 is 0 Å². The van der Waals surface area contributed by atoms with E-state index in [0.717, 1.165) is 18.4 Å². The predicted octanol–water partition coefficient (Wildman–Crippen LogP) is 4.24. The van der Waals surface area contributed by atoms with Crippen LogP contribution in [0.4, 0.5) is 0 Å². The van der Waals surface area contributed by atoms with Gasteiger partial charge in [0.25, 0.3) is 0 Å². The van der Waals surface area contributed by atoms with Gasteiger partial charge in [0, 0.05) is 0 Å². The minimum Gasteiger partial charge on any atom is -0.290 e. The van der Waals surface area contributed by atoms with Crippen LogP contribution in [0.5, 0.6) is 0 Å². The highest BCUT2D eigenvalue weighted by Gasteiger charge is 2.09. The second kappa shape index (κ2) is 8.09. The van der Waals surface area contributed by atoms with Gasteiger partial charge in [0.15, 0.2) is 0 Å². The summed E-state index contributed by atoms with van der Waals surface area (Å²) in [5, 5.41) is 0. The van der Waals surface area contributed by atoms with Crippen LogP contribution >= 0.6 is 0 Å². The third-order valence-corrected chi connectivity index (χ3v) is 2.94. The largest absolute Gasteiger partial charge is 0.290 e. The zero-order valence-corrected chi connectivity index (χ0v) is 10.1. The Kier molecular flexibility index (Phi) is 6.55. The number of unbranched alkanes of at least 4 members (excludes halogenated alkanes) is 4. The van der Waals surface area contributed by atoms with Crippen LogP contribution in [-0.4, -0.2) is 6.29 Å². The first kappa shape index (κ1) is 13.0. The molecule has 1 aromatic carbocycles. The van der Waals surface area contributed by atoms with E-state index in [1.165, 1.54) is 25.7 Å². The fourth-order valence-corrected chi connectivity index (χ4v) is 1.93. The first-order valence-electron chi connectivity index (χ1n) is 6.31. The summed E-state index contributed by atoms with van der Waals surface area (Å²) in [6.07, 6.45) is 9.33. The second-order valence-electron chi connectivity index (χ2n) is 4.28. The van der Waals surface area contributed by atoms with E-state index >= 15 is 0 Å². The molecule has 16 heavy (non-hydrogen) atoms. The summed E-state index contributed by atoms with van der Waals surface area (Å²) in [5.41, 5.74) is 1.10. The first-order chi connectivity index (χ1) is 7.88. The topological polar surface area (TPSA) is 17.1 Å². The van der Waals surface area contributed by atoms with Crippen LogP contribution in [0, 0.1) is 0 Å². The normalized spacial score (nSPS) is 12.3. The molecule has 0 aliphatic carbocycles. The molecule has 87 valence electrons. The summed E-state index contributed by atoms with van der Waals surface area (Å²) in [7, 11) is 0. The molecule has 0 spiro atoms. The second-order valence-corrected chi connectivity index (χ2v) is 4.28. The minimum absolute atomic E-state index is 0.0252. The summed E-state index contributed by atoms with van der Waals surface area (Å²) in [5.74, 6) is -0.0252. The average molecular weight is 217 g/mol. The molecule has 0 bridgehead atoms. The molecule has 0 N–H and O–H groups in total. The van der Waals surface area contributed by atoms with Crippen molar-refractivity contribution >= 4 is 6.29 Å². The Morgan fingerprint density at radius 1 is 1.06 bits per heavy atom. The monoisotopic (exact) mass is 217 g/mol. The fraction of sp³-hybridized carbons (Fsp3) is 0.533. The van der Waals surface area contributed by atoms with Gasteiger partial charge in [-0.25, -0.2) is 0 Å². The molecule has 0 aliphatic heterocycles. The molecule has 1 atom stereocenters. The van der Waals surface area contributed by atoms with Crippen molar-refractivity contribution in [2.45, 2.75) is 51.4 Å². The quantitative estimate of drug-likeness (QED) is 0.595. The maximum atomic E-state index is 10.9. The lowest BCUT2D eigenvalue weighted by Crippen LogP contribution is -1.99. The SMILES string of the molecule is CCCCCCCC([C]=O)c1ccccc1. The van der Waals surface area contributed by atoms with Gasteiger partial charge in [-0.2, -0.15) is 0 Å². The van der Waals surface area contributed by atoms with Crippen LogP contribution in [0.2, 0.25) is 0 Å². The Balaban J connectivity index is 2.30. The van der Waals surface area contributed by atoms with Gasteiger partial charge in [-0.1, -0.05) is 69.4 Å². The molecule has 0 amide bonds. The lowest BCUT2D eigenvalue weighted by atomic mass is 9.94. The molecule has 0 saturated heterocycles. The van der Waals surface area contributed by atoms with Gasteiger partial charge < -0.3 is 0 Å². The van der Waals surface area contributed by atoms with E-state index in [2.05, 4.69) is 13.2 Å². The first-order valence-corrected chi connectivity index (χ1v) is 6.31. The lowest BCUT2D eigenvalue weighted by Gasteiger charge is -2.09. The highest BCUT2D eigenvalue weighted by molar-refractivity contribution is 5.62. The maximum absolute atomic E-state index is 10.9. The van der Waals surface area contributed by atoms with Crippen molar-refractivity contribution < 1.29 is 4.79 Å². The molecular formula is C15H21O. The molecule has 0 saturated carbocycles. The van der Waals surface area contributed by atoms with Crippen molar-refractivity contribution in [1.82, 2.24) is 0 Å². The molecule has 1 rings (SSSR count). The molecule has 1 nitrogen and oxygen atoms in total. The molecule has 1 heteroatoms. The van der Waals surface area contributed by atoms with Crippen LogP contribution in [0.1, 0.15) is 56.9 Å². The van der Waals surface area contributed by atoms with Gasteiger partial charge in [0.05, 0.1) is 5.92 Å². The number of carbonyl (C=O) groups excluding carboxylic acids is 1. The fourth-order valence-electron chi connectivity index (χ4n) is 1.93. The lowest BCUT2D eigenvalue weighted by molar-refractivity contribution is 0.525. The molecule has 0 aromatic heterocycles. The average Bonchev–Trinajstić information content (AvgIpc) is 2.35. The van der Waals surface area contributed by atoms with E-state index in [1.54, 1.807) is 0 Å². The van der Waals surface area contributed by atoms with Crippen molar-refractivity contribution in [2.24, 2.45) is 0 Å². The number of hydrogen-bond acceptors (Lipinski definition) is 1.